The molecule has 0 amide bonds. The molecule has 0 aliphatic heterocycles. The maximum absolute atomic E-state index is 13.7. The minimum atomic E-state index is -0.444. The Morgan fingerprint density at radius 3 is 2.42 bits per heavy atom. The topological polar surface area (TPSA) is 66.1 Å². The average molecular weight is 415 g/mol. The van der Waals surface area contributed by atoms with E-state index in [2.05, 4.69) is 4.98 Å². The van der Waals surface area contributed by atoms with Gasteiger partial charge in [0.2, 0.25) is 0 Å². The van der Waals surface area contributed by atoms with Crippen molar-refractivity contribution in [2.24, 2.45) is 0 Å². The first kappa shape index (κ1) is 20.6. The molecule has 4 aromatic rings. The Hall–Kier alpha value is -3.67. The summed E-state index contributed by atoms with van der Waals surface area (Å²) in [5, 5.41) is 0.432. The molecule has 2 aromatic heterocycles. The third kappa shape index (κ3) is 3.54. The lowest BCUT2D eigenvalue weighted by atomic mass is 10.1. The summed E-state index contributed by atoms with van der Waals surface area (Å²) in [6.07, 6.45) is 0. The van der Waals surface area contributed by atoms with Gasteiger partial charge in [0, 0.05) is 5.69 Å². The van der Waals surface area contributed by atoms with Gasteiger partial charge < -0.3 is 4.74 Å². The lowest BCUT2D eigenvalue weighted by Crippen LogP contribution is -2.40. The SMILES string of the molecule is COc1ccccc1-n1c(=O)n(Cc2cc(C)ccc2C)c(=O)c2c(C)cc(C)nc21. The van der Waals surface area contributed by atoms with Crippen molar-refractivity contribution in [1.29, 1.82) is 0 Å². The van der Waals surface area contributed by atoms with Crippen molar-refractivity contribution in [3.63, 3.8) is 0 Å². The fraction of sp³-hybridized carbons (Fsp3) is 0.240. The molecule has 0 bridgehead atoms. The molecule has 0 fully saturated rings. The van der Waals surface area contributed by atoms with Gasteiger partial charge in [-0.2, -0.15) is 0 Å². The Morgan fingerprint density at radius 1 is 0.935 bits per heavy atom. The number of aryl methyl sites for hydroxylation is 4. The third-order valence-corrected chi connectivity index (χ3v) is 5.58. The zero-order valence-corrected chi connectivity index (χ0v) is 18.4. The van der Waals surface area contributed by atoms with E-state index in [4.69, 9.17) is 4.74 Å². The first-order valence-electron chi connectivity index (χ1n) is 10.1. The minimum Gasteiger partial charge on any atom is -0.495 e. The molecule has 6 heteroatoms. The molecule has 31 heavy (non-hydrogen) atoms. The number of para-hydroxylation sites is 2. The second kappa shape index (κ2) is 7.87. The highest BCUT2D eigenvalue weighted by Crippen LogP contribution is 2.24. The fourth-order valence-corrected chi connectivity index (χ4v) is 3.99. The number of hydrogen-bond acceptors (Lipinski definition) is 4. The van der Waals surface area contributed by atoms with Crippen LogP contribution in [0.5, 0.6) is 5.75 Å². The third-order valence-electron chi connectivity index (χ3n) is 5.58. The second-order valence-corrected chi connectivity index (χ2v) is 7.89. The Balaban J connectivity index is 2.13. The van der Waals surface area contributed by atoms with Gasteiger partial charge in [0.25, 0.3) is 5.56 Å². The molecule has 4 rings (SSSR count). The van der Waals surface area contributed by atoms with Crippen LogP contribution in [0, 0.1) is 27.7 Å². The number of aromatic nitrogens is 3. The quantitative estimate of drug-likeness (QED) is 0.508. The predicted molar refractivity (Wildman–Crippen MR) is 123 cm³/mol. The van der Waals surface area contributed by atoms with Gasteiger partial charge in [-0.1, -0.05) is 35.9 Å². The summed E-state index contributed by atoms with van der Waals surface area (Å²) in [5.41, 5.74) is 4.67. The van der Waals surface area contributed by atoms with E-state index >= 15 is 0 Å². The smallest absolute Gasteiger partial charge is 0.337 e. The van der Waals surface area contributed by atoms with E-state index in [1.54, 1.807) is 19.2 Å². The first-order chi connectivity index (χ1) is 14.8. The minimum absolute atomic E-state index is 0.184. The summed E-state index contributed by atoms with van der Waals surface area (Å²) in [6, 6.07) is 15.2. The zero-order chi connectivity index (χ0) is 22.3. The molecular weight excluding hydrogens is 390 g/mol. The van der Waals surface area contributed by atoms with E-state index in [1.807, 2.05) is 64.1 Å². The van der Waals surface area contributed by atoms with E-state index < -0.39 is 5.69 Å². The number of methoxy groups -OCH3 is 1. The summed E-state index contributed by atoms with van der Waals surface area (Å²) in [5.74, 6) is 0.531. The van der Waals surface area contributed by atoms with Crippen LogP contribution in [0.4, 0.5) is 0 Å². The molecule has 0 aliphatic carbocycles. The zero-order valence-electron chi connectivity index (χ0n) is 18.4. The van der Waals surface area contributed by atoms with Crippen LogP contribution in [0.25, 0.3) is 16.7 Å². The van der Waals surface area contributed by atoms with Crippen molar-refractivity contribution in [3.8, 4) is 11.4 Å². The van der Waals surface area contributed by atoms with E-state index in [9.17, 15) is 9.59 Å². The van der Waals surface area contributed by atoms with Crippen LogP contribution in [0.1, 0.15) is 27.9 Å². The normalized spacial score (nSPS) is 11.1. The fourth-order valence-electron chi connectivity index (χ4n) is 3.99. The molecule has 0 unspecified atom stereocenters. The summed E-state index contributed by atoms with van der Waals surface area (Å²) in [7, 11) is 1.56. The van der Waals surface area contributed by atoms with Gasteiger partial charge in [-0.15, -0.1) is 0 Å². The maximum Gasteiger partial charge on any atom is 0.337 e. The number of pyridine rings is 1. The van der Waals surface area contributed by atoms with Crippen molar-refractivity contribution in [2.45, 2.75) is 34.2 Å². The molecule has 0 aliphatic rings. The number of fused-ring (bicyclic) bond motifs is 1. The lowest BCUT2D eigenvalue weighted by Gasteiger charge is -2.17. The predicted octanol–water partition coefficient (Wildman–Crippen LogP) is 3.84. The van der Waals surface area contributed by atoms with Crippen LogP contribution >= 0.6 is 0 Å². The van der Waals surface area contributed by atoms with Gasteiger partial charge >= 0.3 is 5.69 Å². The molecule has 2 heterocycles. The van der Waals surface area contributed by atoms with Gasteiger partial charge in [-0.3, -0.25) is 9.36 Å². The summed E-state index contributed by atoms with van der Waals surface area (Å²) >= 11 is 0. The summed E-state index contributed by atoms with van der Waals surface area (Å²) in [6.45, 7) is 7.89. The molecule has 2 aromatic carbocycles. The van der Waals surface area contributed by atoms with Gasteiger partial charge in [0.05, 0.1) is 24.7 Å². The lowest BCUT2D eigenvalue weighted by molar-refractivity contribution is 0.412. The molecule has 0 radical (unpaired) electrons. The van der Waals surface area contributed by atoms with Crippen LogP contribution < -0.4 is 16.0 Å². The van der Waals surface area contributed by atoms with E-state index in [1.165, 1.54) is 9.13 Å². The van der Waals surface area contributed by atoms with Gasteiger partial charge in [0.1, 0.15) is 5.75 Å². The van der Waals surface area contributed by atoms with Crippen LogP contribution in [0.3, 0.4) is 0 Å². The van der Waals surface area contributed by atoms with Gasteiger partial charge in [-0.05, 0) is 62.6 Å². The highest BCUT2D eigenvalue weighted by atomic mass is 16.5. The largest absolute Gasteiger partial charge is 0.495 e. The van der Waals surface area contributed by atoms with Crippen LogP contribution in [-0.2, 0) is 6.54 Å². The van der Waals surface area contributed by atoms with Crippen LogP contribution in [-0.4, -0.2) is 21.2 Å². The number of benzene rings is 2. The Morgan fingerprint density at radius 2 is 1.68 bits per heavy atom. The number of rotatable bonds is 4. The second-order valence-electron chi connectivity index (χ2n) is 7.89. The van der Waals surface area contributed by atoms with E-state index in [0.29, 0.717) is 22.5 Å². The Bertz CT molecular complexity index is 1430. The van der Waals surface area contributed by atoms with Crippen molar-refractivity contribution in [2.75, 3.05) is 7.11 Å². The van der Waals surface area contributed by atoms with Crippen molar-refractivity contribution in [1.82, 2.24) is 14.1 Å². The Kier molecular flexibility index (Phi) is 5.23. The molecule has 0 saturated carbocycles. The van der Waals surface area contributed by atoms with E-state index in [0.717, 1.165) is 27.9 Å². The van der Waals surface area contributed by atoms with Crippen LogP contribution in [0.2, 0.25) is 0 Å². The Labute approximate surface area is 180 Å². The van der Waals surface area contributed by atoms with Gasteiger partial charge in [0.15, 0.2) is 5.65 Å². The summed E-state index contributed by atoms with van der Waals surface area (Å²) in [4.78, 5) is 31.8. The van der Waals surface area contributed by atoms with Crippen molar-refractivity contribution >= 4 is 11.0 Å². The number of ether oxygens (including phenoxy) is 1. The average Bonchev–Trinajstić information content (AvgIpc) is 2.73. The van der Waals surface area contributed by atoms with Crippen LogP contribution in [0.15, 0.2) is 58.1 Å². The highest BCUT2D eigenvalue weighted by molar-refractivity contribution is 5.80. The molecular formula is C25H25N3O3. The molecule has 0 saturated heterocycles. The van der Waals surface area contributed by atoms with Gasteiger partial charge in [-0.25, -0.2) is 14.3 Å². The molecule has 158 valence electrons. The number of hydrogen-bond donors (Lipinski definition) is 0. The van der Waals surface area contributed by atoms with E-state index in [-0.39, 0.29) is 12.1 Å². The standard InChI is InChI=1S/C25H25N3O3/c1-15-10-11-16(2)19(12-15)14-27-24(29)22-17(3)13-18(4)26-23(22)28(25(27)30)20-8-6-7-9-21(20)31-5/h6-13H,14H2,1-5H3. The molecule has 6 nitrogen and oxygen atoms in total. The monoisotopic (exact) mass is 415 g/mol. The molecule has 0 N–H and O–H groups in total. The molecule has 0 spiro atoms. The number of nitrogens with zero attached hydrogens (tertiary/aromatic N) is 3. The molecule has 0 atom stereocenters. The van der Waals surface area contributed by atoms with Crippen molar-refractivity contribution < 1.29 is 4.74 Å². The maximum atomic E-state index is 13.7. The first-order valence-corrected chi connectivity index (χ1v) is 10.1. The highest BCUT2D eigenvalue weighted by Gasteiger charge is 2.20. The van der Waals surface area contributed by atoms with Crippen molar-refractivity contribution in [3.05, 3.63) is 97.3 Å². The summed E-state index contributed by atoms with van der Waals surface area (Å²) < 4.78 is 8.29.